The van der Waals surface area contributed by atoms with Crippen LogP contribution in [-0.2, 0) is 10.1 Å². The van der Waals surface area contributed by atoms with Gasteiger partial charge in [-0.3, -0.25) is 0 Å². The van der Waals surface area contributed by atoms with Crippen molar-refractivity contribution in [3.05, 3.63) is 82.9 Å². The van der Waals surface area contributed by atoms with Crippen LogP contribution in [0, 0.1) is 5.41 Å². The van der Waals surface area contributed by atoms with Crippen molar-refractivity contribution < 1.29 is 0 Å². The summed E-state index contributed by atoms with van der Waals surface area (Å²) in [5.74, 6) is 0. The van der Waals surface area contributed by atoms with Gasteiger partial charge in [-0.05, 0) is 27.7 Å². The van der Waals surface area contributed by atoms with Gasteiger partial charge in [0, 0.05) is 10.1 Å². The molecule has 0 aliphatic heterocycles. The van der Waals surface area contributed by atoms with Crippen molar-refractivity contribution in [1.29, 1.82) is 0 Å². The van der Waals surface area contributed by atoms with Crippen LogP contribution < -0.4 is 0 Å². The Morgan fingerprint density at radius 2 is 0.931 bits per heavy atom. The third-order valence-corrected chi connectivity index (χ3v) is 15.0. The number of allylic oxidation sites excluding steroid dienone is 2. The molecule has 0 bridgehead atoms. The van der Waals surface area contributed by atoms with E-state index in [1.807, 2.05) is 0 Å². The number of fused-ring (bicyclic) bond motifs is 2. The minimum Gasteiger partial charge on any atom is -0.0755 e. The molecule has 2 aliphatic rings. The average molecular weight is 417 g/mol. The van der Waals surface area contributed by atoms with Gasteiger partial charge in [0.15, 0.2) is 0 Å². The lowest BCUT2D eigenvalue weighted by atomic mass is 9.64. The van der Waals surface area contributed by atoms with E-state index in [4.69, 9.17) is 0 Å². The van der Waals surface area contributed by atoms with Crippen LogP contribution in [0.5, 0.6) is 0 Å². The minimum absolute atomic E-state index is 0.0567. The third kappa shape index (κ3) is 2.42. The Labute approximate surface area is 179 Å². The molecule has 0 saturated carbocycles. The van der Waals surface area contributed by atoms with E-state index >= 15 is 0 Å². The fourth-order valence-corrected chi connectivity index (χ4v) is 14.7. The van der Waals surface area contributed by atoms with E-state index < -0.39 is 16.1 Å². The zero-order chi connectivity index (χ0) is 21.3. The van der Waals surface area contributed by atoms with Gasteiger partial charge in [0.05, 0.1) is 16.1 Å². The number of hydrogen-bond donors (Lipinski definition) is 0. The first-order valence-corrected chi connectivity index (χ1v) is 18.0. The summed E-state index contributed by atoms with van der Waals surface area (Å²) in [5, 5.41) is 0.164. The first kappa shape index (κ1) is 20.6. The van der Waals surface area contributed by atoms with Crippen LogP contribution in [0.3, 0.4) is 0 Å². The summed E-state index contributed by atoms with van der Waals surface area (Å²) in [5.41, 5.74) is 6.01. The molecule has 2 unspecified atom stereocenters. The first-order chi connectivity index (χ1) is 13.4. The molecule has 0 amide bonds. The van der Waals surface area contributed by atoms with Crippen LogP contribution in [0.4, 0.5) is 0 Å². The maximum atomic E-state index is 2.61. The van der Waals surface area contributed by atoms with Crippen molar-refractivity contribution in [2.75, 3.05) is 0 Å². The molecule has 0 heterocycles. The molecule has 0 saturated heterocycles. The molecule has 2 atom stereocenters. The maximum absolute atomic E-state index is 2.61. The summed E-state index contributed by atoms with van der Waals surface area (Å²) in [6.45, 7) is 20.6. The lowest BCUT2D eigenvalue weighted by molar-refractivity contribution is 0.211. The topological polar surface area (TPSA) is 0 Å². The van der Waals surface area contributed by atoms with Crippen molar-refractivity contribution in [2.45, 2.75) is 63.2 Å². The highest BCUT2D eigenvalue weighted by atomic mass is 28.3. The molecule has 2 aromatic rings. The Morgan fingerprint density at radius 1 is 0.586 bits per heavy atom. The van der Waals surface area contributed by atoms with E-state index in [-0.39, 0.29) is 15.5 Å². The van der Waals surface area contributed by atoms with Crippen LogP contribution in [0.2, 0.25) is 39.3 Å². The number of hydrogen-bond acceptors (Lipinski definition) is 0. The molecule has 2 heteroatoms. The SMILES string of the molecule is CC(C)(C1([Si](C)(C)C)C=Cc2ccccc21)C1([Si](C)(C)C)C=Cc2ccccc21. The standard InChI is InChI=1S/C27H36Si2/c1-25(2,26(28(3,4)5)19-17-21-13-9-11-15-23(21)26)27(29(6,7)8)20-18-22-14-10-12-16-24(22)27/h9-20H,1-8H3. The lowest BCUT2D eigenvalue weighted by Gasteiger charge is -2.63. The summed E-state index contributed by atoms with van der Waals surface area (Å²) >= 11 is 0. The van der Waals surface area contributed by atoms with Gasteiger partial charge < -0.3 is 0 Å². The second-order valence-corrected chi connectivity index (χ2v) is 22.2. The molecule has 4 rings (SSSR count). The van der Waals surface area contributed by atoms with Crippen molar-refractivity contribution in [3.63, 3.8) is 0 Å². The molecule has 0 spiro atoms. The summed E-state index contributed by atoms with van der Waals surface area (Å²) in [4.78, 5) is 0. The molecule has 0 nitrogen and oxygen atoms in total. The van der Waals surface area contributed by atoms with E-state index in [0.717, 1.165) is 0 Å². The van der Waals surface area contributed by atoms with Crippen LogP contribution in [0.1, 0.15) is 36.1 Å². The second kappa shape index (κ2) is 6.18. The van der Waals surface area contributed by atoms with Crippen LogP contribution >= 0.6 is 0 Å². The Hall–Kier alpha value is -1.65. The van der Waals surface area contributed by atoms with Gasteiger partial charge in [-0.2, -0.15) is 0 Å². The lowest BCUT2D eigenvalue weighted by Crippen LogP contribution is -2.68. The summed E-state index contributed by atoms with van der Waals surface area (Å²) in [6, 6.07) is 18.3. The third-order valence-electron chi connectivity index (χ3n) is 8.13. The molecule has 152 valence electrons. The Morgan fingerprint density at radius 3 is 1.28 bits per heavy atom. The summed E-state index contributed by atoms with van der Waals surface area (Å²) in [7, 11) is -3.35. The van der Waals surface area contributed by atoms with Gasteiger partial charge >= 0.3 is 0 Å². The highest BCUT2D eigenvalue weighted by Gasteiger charge is 2.66. The molecule has 0 N–H and O–H groups in total. The molecule has 0 radical (unpaired) electrons. The molecular weight excluding hydrogens is 380 g/mol. The molecule has 2 aromatic carbocycles. The normalized spacial score (nSPS) is 25.9. The predicted molar refractivity (Wildman–Crippen MR) is 135 cm³/mol. The van der Waals surface area contributed by atoms with Gasteiger partial charge in [0.25, 0.3) is 0 Å². The number of rotatable bonds is 4. The highest BCUT2D eigenvalue weighted by Crippen LogP contribution is 2.65. The molecule has 2 aliphatic carbocycles. The second-order valence-electron chi connectivity index (χ2n) is 11.6. The monoisotopic (exact) mass is 416 g/mol. The number of benzene rings is 2. The van der Waals surface area contributed by atoms with E-state index in [2.05, 4.69) is 126 Å². The van der Waals surface area contributed by atoms with E-state index in [1.54, 1.807) is 11.1 Å². The predicted octanol–water partition coefficient (Wildman–Crippen LogP) is 7.70. The largest absolute Gasteiger partial charge is 0.0755 e. The van der Waals surface area contributed by atoms with Gasteiger partial charge in [-0.25, -0.2) is 0 Å². The minimum atomic E-state index is -1.67. The Kier molecular flexibility index (Phi) is 4.39. The zero-order valence-electron chi connectivity index (χ0n) is 19.4. The fourth-order valence-electron chi connectivity index (χ4n) is 7.20. The highest BCUT2D eigenvalue weighted by molar-refractivity contribution is 6.82. The van der Waals surface area contributed by atoms with Crippen LogP contribution in [0.15, 0.2) is 60.7 Å². The van der Waals surface area contributed by atoms with E-state index in [9.17, 15) is 0 Å². The van der Waals surface area contributed by atoms with Crippen molar-refractivity contribution in [1.82, 2.24) is 0 Å². The smallest absolute Gasteiger partial charge is 0.0612 e. The molecular formula is C27H36Si2. The zero-order valence-corrected chi connectivity index (χ0v) is 21.4. The van der Waals surface area contributed by atoms with Gasteiger partial charge in [-0.15, -0.1) is 0 Å². The average Bonchev–Trinajstić information content (AvgIpc) is 3.22. The molecule has 29 heavy (non-hydrogen) atoms. The van der Waals surface area contributed by atoms with Crippen LogP contribution in [-0.4, -0.2) is 16.1 Å². The summed E-state index contributed by atoms with van der Waals surface area (Å²) in [6.07, 6.45) is 10.1. The van der Waals surface area contributed by atoms with Crippen molar-refractivity contribution in [3.8, 4) is 0 Å². The first-order valence-electron chi connectivity index (χ1n) is 11.0. The molecule has 0 aromatic heterocycles. The maximum Gasteiger partial charge on any atom is 0.0612 e. The molecule has 0 fully saturated rings. The Balaban J connectivity index is 2.10. The fraction of sp³-hybridized carbons (Fsp3) is 0.407. The van der Waals surface area contributed by atoms with Crippen molar-refractivity contribution >= 4 is 28.3 Å². The van der Waals surface area contributed by atoms with Crippen molar-refractivity contribution in [2.24, 2.45) is 5.41 Å². The Bertz CT molecular complexity index is 932. The van der Waals surface area contributed by atoms with Crippen LogP contribution in [0.25, 0.3) is 12.2 Å². The van der Waals surface area contributed by atoms with E-state index in [1.165, 1.54) is 11.1 Å². The van der Waals surface area contributed by atoms with E-state index in [0.29, 0.717) is 0 Å². The quantitative estimate of drug-likeness (QED) is 0.448. The van der Waals surface area contributed by atoms with Gasteiger partial charge in [-0.1, -0.05) is 126 Å². The van der Waals surface area contributed by atoms with Gasteiger partial charge in [0.2, 0.25) is 0 Å². The van der Waals surface area contributed by atoms with Gasteiger partial charge in [0.1, 0.15) is 0 Å². The summed E-state index contributed by atoms with van der Waals surface area (Å²) < 4.78 is 0.